The van der Waals surface area contributed by atoms with Crippen LogP contribution in [0.3, 0.4) is 0 Å². The second-order valence-corrected chi connectivity index (χ2v) is 6.09. The van der Waals surface area contributed by atoms with Gasteiger partial charge in [-0.05, 0) is 22.9 Å². The van der Waals surface area contributed by atoms with Crippen LogP contribution in [-0.4, -0.2) is 9.97 Å². The molecule has 0 aliphatic carbocycles. The van der Waals surface area contributed by atoms with Gasteiger partial charge in [0.05, 0.1) is 5.69 Å². The molecule has 0 radical (unpaired) electrons. The monoisotopic (exact) mass is 330 g/mol. The molecule has 2 aromatic heterocycles. The van der Waals surface area contributed by atoms with Gasteiger partial charge in [-0.3, -0.25) is 0 Å². The SMILES string of the molecule is Cc1c(Cl)nc(C(C)C)nc1-c1cscc1Br. The average Bonchev–Trinajstić information content (AvgIpc) is 2.68. The minimum Gasteiger partial charge on any atom is -0.232 e. The lowest BCUT2D eigenvalue weighted by Crippen LogP contribution is -2.02. The Bertz CT molecular complexity index is 551. The number of halogens is 2. The van der Waals surface area contributed by atoms with E-state index < -0.39 is 0 Å². The van der Waals surface area contributed by atoms with Gasteiger partial charge in [-0.1, -0.05) is 25.4 Å². The van der Waals surface area contributed by atoms with Crippen molar-refractivity contribution in [2.45, 2.75) is 26.7 Å². The minimum atomic E-state index is 0.268. The molecule has 0 unspecified atom stereocenters. The molecule has 0 saturated heterocycles. The Morgan fingerprint density at radius 1 is 1.29 bits per heavy atom. The van der Waals surface area contributed by atoms with Crippen LogP contribution < -0.4 is 0 Å². The highest BCUT2D eigenvalue weighted by atomic mass is 79.9. The Morgan fingerprint density at radius 2 is 2.00 bits per heavy atom. The van der Waals surface area contributed by atoms with E-state index in [1.807, 2.05) is 12.3 Å². The van der Waals surface area contributed by atoms with Crippen LogP contribution in [0, 0.1) is 6.92 Å². The van der Waals surface area contributed by atoms with Crippen LogP contribution in [0.25, 0.3) is 11.3 Å². The molecule has 2 nitrogen and oxygen atoms in total. The fraction of sp³-hybridized carbons (Fsp3) is 0.333. The summed E-state index contributed by atoms with van der Waals surface area (Å²) in [7, 11) is 0. The lowest BCUT2D eigenvalue weighted by atomic mass is 10.1. The second kappa shape index (κ2) is 5.04. The molecule has 2 heterocycles. The highest BCUT2D eigenvalue weighted by Crippen LogP contribution is 2.34. The fourth-order valence-corrected chi connectivity index (χ4v) is 3.12. The molecule has 5 heteroatoms. The van der Waals surface area contributed by atoms with Crippen molar-refractivity contribution < 1.29 is 0 Å². The van der Waals surface area contributed by atoms with Gasteiger partial charge in [0.1, 0.15) is 11.0 Å². The number of thiophene rings is 1. The van der Waals surface area contributed by atoms with E-state index in [4.69, 9.17) is 11.6 Å². The first-order valence-corrected chi connectivity index (χ1v) is 7.38. The second-order valence-electron chi connectivity index (χ2n) is 4.13. The van der Waals surface area contributed by atoms with Crippen molar-refractivity contribution in [3.63, 3.8) is 0 Å². The Morgan fingerprint density at radius 3 is 2.53 bits per heavy atom. The lowest BCUT2D eigenvalue weighted by molar-refractivity contribution is 0.773. The molecule has 17 heavy (non-hydrogen) atoms. The summed E-state index contributed by atoms with van der Waals surface area (Å²) >= 11 is 11.3. The fourth-order valence-electron chi connectivity index (χ4n) is 1.48. The van der Waals surface area contributed by atoms with Crippen LogP contribution in [0.1, 0.15) is 31.2 Å². The quantitative estimate of drug-likeness (QED) is 0.719. The number of aromatic nitrogens is 2. The summed E-state index contributed by atoms with van der Waals surface area (Å²) in [6.07, 6.45) is 0. The summed E-state index contributed by atoms with van der Waals surface area (Å²) in [5, 5.41) is 4.65. The Labute approximate surface area is 118 Å². The van der Waals surface area contributed by atoms with Crippen LogP contribution in [0.2, 0.25) is 5.15 Å². The number of nitrogens with zero attached hydrogens (tertiary/aromatic N) is 2. The first-order chi connectivity index (χ1) is 8.00. The van der Waals surface area contributed by atoms with Crippen LogP contribution in [0.5, 0.6) is 0 Å². The summed E-state index contributed by atoms with van der Waals surface area (Å²) in [5.74, 6) is 1.05. The zero-order valence-electron chi connectivity index (χ0n) is 9.79. The van der Waals surface area contributed by atoms with Gasteiger partial charge < -0.3 is 0 Å². The maximum atomic E-state index is 6.17. The maximum Gasteiger partial charge on any atom is 0.136 e. The molecule has 2 rings (SSSR count). The van der Waals surface area contributed by atoms with E-state index in [2.05, 4.69) is 45.1 Å². The van der Waals surface area contributed by atoms with Crippen molar-refractivity contribution >= 4 is 38.9 Å². The highest BCUT2D eigenvalue weighted by molar-refractivity contribution is 9.10. The van der Waals surface area contributed by atoms with Crippen LogP contribution in [-0.2, 0) is 0 Å². The standard InChI is InChI=1S/C12H12BrClN2S/c1-6(2)12-15-10(7(3)11(14)16-12)8-4-17-5-9(8)13/h4-6H,1-3H3. The molecule has 0 saturated carbocycles. The number of rotatable bonds is 2. The van der Waals surface area contributed by atoms with E-state index in [1.54, 1.807) is 11.3 Å². The minimum absolute atomic E-state index is 0.268. The molecule has 0 amide bonds. The third-order valence-electron chi connectivity index (χ3n) is 2.49. The molecule has 0 atom stereocenters. The van der Waals surface area contributed by atoms with Gasteiger partial charge >= 0.3 is 0 Å². The normalized spacial score (nSPS) is 11.2. The third kappa shape index (κ3) is 2.54. The zero-order chi connectivity index (χ0) is 12.6. The molecule has 0 spiro atoms. The molecular weight excluding hydrogens is 320 g/mol. The Kier molecular flexibility index (Phi) is 3.85. The predicted molar refractivity (Wildman–Crippen MR) is 76.9 cm³/mol. The van der Waals surface area contributed by atoms with Gasteiger partial charge in [0.25, 0.3) is 0 Å². The third-order valence-corrected chi connectivity index (χ3v) is 4.56. The van der Waals surface area contributed by atoms with Crippen LogP contribution >= 0.6 is 38.9 Å². The Hall–Kier alpha value is -0.450. The van der Waals surface area contributed by atoms with E-state index in [-0.39, 0.29) is 5.92 Å². The largest absolute Gasteiger partial charge is 0.232 e. The summed E-state index contributed by atoms with van der Waals surface area (Å²) in [5.41, 5.74) is 2.93. The van der Waals surface area contributed by atoms with Gasteiger partial charge in [0.2, 0.25) is 0 Å². The Balaban J connectivity index is 2.65. The van der Waals surface area contributed by atoms with Crippen molar-refractivity contribution in [3.05, 3.63) is 31.8 Å². The molecule has 2 aromatic rings. The first kappa shape index (κ1) is 13.0. The van der Waals surface area contributed by atoms with E-state index in [9.17, 15) is 0 Å². The van der Waals surface area contributed by atoms with Gasteiger partial charge in [-0.2, -0.15) is 11.3 Å². The van der Waals surface area contributed by atoms with E-state index in [1.165, 1.54) is 0 Å². The van der Waals surface area contributed by atoms with Crippen molar-refractivity contribution in [2.24, 2.45) is 0 Å². The van der Waals surface area contributed by atoms with Crippen molar-refractivity contribution in [3.8, 4) is 11.3 Å². The van der Waals surface area contributed by atoms with Crippen molar-refractivity contribution in [1.29, 1.82) is 0 Å². The van der Waals surface area contributed by atoms with Gasteiger partial charge in [-0.15, -0.1) is 0 Å². The van der Waals surface area contributed by atoms with Gasteiger partial charge in [0.15, 0.2) is 0 Å². The molecule has 0 aliphatic heterocycles. The molecule has 0 aromatic carbocycles. The highest BCUT2D eigenvalue weighted by Gasteiger charge is 2.15. The summed E-state index contributed by atoms with van der Waals surface area (Å²) in [6, 6.07) is 0. The summed E-state index contributed by atoms with van der Waals surface area (Å²) < 4.78 is 1.05. The summed E-state index contributed by atoms with van der Waals surface area (Å²) in [6.45, 7) is 6.08. The molecule has 0 bridgehead atoms. The number of hydrogen-bond donors (Lipinski definition) is 0. The molecular formula is C12H12BrClN2S. The van der Waals surface area contributed by atoms with E-state index >= 15 is 0 Å². The smallest absolute Gasteiger partial charge is 0.136 e. The van der Waals surface area contributed by atoms with Crippen molar-refractivity contribution in [2.75, 3.05) is 0 Å². The van der Waals surface area contributed by atoms with Gasteiger partial charge in [0, 0.05) is 32.3 Å². The van der Waals surface area contributed by atoms with Gasteiger partial charge in [-0.25, -0.2) is 9.97 Å². The van der Waals surface area contributed by atoms with Crippen LogP contribution in [0.15, 0.2) is 15.2 Å². The number of hydrogen-bond acceptors (Lipinski definition) is 3. The predicted octanol–water partition coefficient (Wildman–Crippen LogP) is 5.05. The van der Waals surface area contributed by atoms with E-state index in [0.29, 0.717) is 5.15 Å². The molecule has 0 N–H and O–H groups in total. The van der Waals surface area contributed by atoms with Crippen LogP contribution in [0.4, 0.5) is 0 Å². The maximum absolute atomic E-state index is 6.17. The molecule has 0 aliphatic rings. The van der Waals surface area contributed by atoms with E-state index in [0.717, 1.165) is 27.1 Å². The average molecular weight is 332 g/mol. The van der Waals surface area contributed by atoms with Crippen molar-refractivity contribution in [1.82, 2.24) is 9.97 Å². The first-order valence-electron chi connectivity index (χ1n) is 5.26. The summed E-state index contributed by atoms with van der Waals surface area (Å²) in [4.78, 5) is 8.93. The molecule has 90 valence electrons. The molecule has 0 fully saturated rings. The topological polar surface area (TPSA) is 25.8 Å². The lowest BCUT2D eigenvalue weighted by Gasteiger charge is -2.10. The zero-order valence-corrected chi connectivity index (χ0v) is 12.9.